The minimum atomic E-state index is -4.34. The molecule has 0 heterocycles. The predicted octanol–water partition coefficient (Wildman–Crippen LogP) is 7.30. The molecular formula is C21H25F3. The molecule has 0 aliphatic carbocycles. The molecule has 0 bridgehead atoms. The zero-order valence-corrected chi connectivity index (χ0v) is 14.7. The van der Waals surface area contributed by atoms with Gasteiger partial charge in [-0.15, -0.1) is 0 Å². The summed E-state index contributed by atoms with van der Waals surface area (Å²) in [5.74, 6) is 0.304. The van der Waals surface area contributed by atoms with E-state index < -0.39 is 11.7 Å². The van der Waals surface area contributed by atoms with Crippen molar-refractivity contribution >= 4 is 0 Å². The average Bonchev–Trinajstić information content (AvgIpc) is 2.54. The number of hydrogen-bond donors (Lipinski definition) is 0. The highest BCUT2D eigenvalue weighted by Crippen LogP contribution is 2.39. The predicted molar refractivity (Wildman–Crippen MR) is 94.0 cm³/mol. The third-order valence-corrected chi connectivity index (χ3v) is 4.82. The Morgan fingerprint density at radius 1 is 0.958 bits per heavy atom. The van der Waals surface area contributed by atoms with Gasteiger partial charge in [-0.2, -0.15) is 13.2 Å². The van der Waals surface area contributed by atoms with Gasteiger partial charge in [-0.1, -0.05) is 76.6 Å². The van der Waals surface area contributed by atoms with Crippen LogP contribution in [-0.2, 0) is 6.18 Å². The van der Waals surface area contributed by atoms with Gasteiger partial charge in [-0.3, -0.25) is 0 Å². The van der Waals surface area contributed by atoms with Crippen LogP contribution in [0.15, 0.2) is 48.5 Å². The summed E-state index contributed by atoms with van der Waals surface area (Å²) < 4.78 is 39.8. The molecule has 0 aliphatic rings. The van der Waals surface area contributed by atoms with Crippen LogP contribution < -0.4 is 0 Å². The highest BCUT2D eigenvalue weighted by molar-refractivity contribution is 5.68. The van der Waals surface area contributed by atoms with E-state index in [-0.39, 0.29) is 11.0 Å². The maximum atomic E-state index is 13.3. The van der Waals surface area contributed by atoms with E-state index in [1.165, 1.54) is 6.07 Å². The van der Waals surface area contributed by atoms with Crippen LogP contribution >= 0.6 is 0 Å². The largest absolute Gasteiger partial charge is 0.417 e. The van der Waals surface area contributed by atoms with E-state index in [1.807, 2.05) is 18.2 Å². The van der Waals surface area contributed by atoms with E-state index >= 15 is 0 Å². The summed E-state index contributed by atoms with van der Waals surface area (Å²) in [6.45, 7) is 8.77. The van der Waals surface area contributed by atoms with Crippen LogP contribution in [0.4, 0.5) is 13.2 Å². The maximum absolute atomic E-state index is 13.3. The fraction of sp³-hybridized carbons (Fsp3) is 0.429. The topological polar surface area (TPSA) is 0 Å². The van der Waals surface area contributed by atoms with Crippen molar-refractivity contribution in [1.29, 1.82) is 0 Å². The normalized spacial score (nSPS) is 13.8. The lowest BCUT2D eigenvalue weighted by Crippen LogP contribution is -2.13. The zero-order chi connectivity index (χ0) is 18.0. The second-order valence-corrected chi connectivity index (χ2v) is 7.29. The van der Waals surface area contributed by atoms with Gasteiger partial charge >= 0.3 is 6.18 Å². The molecule has 0 spiro atoms. The van der Waals surface area contributed by atoms with Gasteiger partial charge in [0.15, 0.2) is 0 Å². The van der Waals surface area contributed by atoms with E-state index in [2.05, 4.69) is 27.7 Å². The molecule has 1 atom stereocenters. The fourth-order valence-corrected chi connectivity index (χ4v) is 3.09. The Kier molecular flexibility index (Phi) is 5.42. The van der Waals surface area contributed by atoms with Crippen molar-refractivity contribution in [3.63, 3.8) is 0 Å². The van der Waals surface area contributed by atoms with Gasteiger partial charge in [0.25, 0.3) is 0 Å². The van der Waals surface area contributed by atoms with Crippen molar-refractivity contribution in [2.24, 2.45) is 5.41 Å². The second kappa shape index (κ2) is 7.00. The monoisotopic (exact) mass is 334 g/mol. The smallest absolute Gasteiger partial charge is 0.166 e. The number of benzene rings is 2. The molecule has 0 aromatic heterocycles. The summed E-state index contributed by atoms with van der Waals surface area (Å²) in [7, 11) is 0. The van der Waals surface area contributed by atoms with Crippen LogP contribution in [-0.4, -0.2) is 0 Å². The molecule has 0 amide bonds. The first-order valence-electron chi connectivity index (χ1n) is 8.40. The summed E-state index contributed by atoms with van der Waals surface area (Å²) in [6.07, 6.45) is -2.26. The number of hydrogen-bond acceptors (Lipinski definition) is 0. The molecule has 0 N–H and O–H groups in total. The summed E-state index contributed by atoms with van der Waals surface area (Å²) in [5, 5.41) is 0. The fourth-order valence-electron chi connectivity index (χ4n) is 3.09. The van der Waals surface area contributed by atoms with Crippen molar-refractivity contribution in [3.05, 3.63) is 59.7 Å². The molecule has 0 nitrogen and oxygen atoms in total. The molecule has 0 saturated carbocycles. The Morgan fingerprint density at radius 2 is 1.62 bits per heavy atom. The summed E-state index contributed by atoms with van der Waals surface area (Å²) in [5.41, 5.74) is 1.60. The highest BCUT2D eigenvalue weighted by atomic mass is 19.4. The molecule has 2 aromatic rings. The Labute approximate surface area is 142 Å². The van der Waals surface area contributed by atoms with Crippen molar-refractivity contribution < 1.29 is 13.2 Å². The first-order valence-corrected chi connectivity index (χ1v) is 8.40. The van der Waals surface area contributed by atoms with Crippen LogP contribution in [0.3, 0.4) is 0 Å². The lowest BCUT2D eigenvalue weighted by molar-refractivity contribution is -0.137. The average molecular weight is 334 g/mol. The minimum Gasteiger partial charge on any atom is -0.166 e. The molecule has 2 aromatic carbocycles. The van der Waals surface area contributed by atoms with Crippen molar-refractivity contribution in [1.82, 2.24) is 0 Å². The molecule has 0 radical (unpaired) electrons. The molecule has 24 heavy (non-hydrogen) atoms. The Balaban J connectivity index is 2.39. The van der Waals surface area contributed by atoms with Gasteiger partial charge < -0.3 is 0 Å². The van der Waals surface area contributed by atoms with Crippen molar-refractivity contribution in [3.8, 4) is 11.1 Å². The molecule has 0 saturated heterocycles. The zero-order valence-electron chi connectivity index (χ0n) is 14.7. The van der Waals surface area contributed by atoms with Gasteiger partial charge in [-0.05, 0) is 40.5 Å². The van der Waals surface area contributed by atoms with Crippen molar-refractivity contribution in [2.75, 3.05) is 0 Å². The summed E-state index contributed by atoms with van der Waals surface area (Å²) in [4.78, 5) is 0. The van der Waals surface area contributed by atoms with Crippen LogP contribution in [0.25, 0.3) is 11.1 Å². The Morgan fingerprint density at radius 3 is 2.25 bits per heavy atom. The highest BCUT2D eigenvalue weighted by Gasteiger charge is 2.33. The Bertz CT molecular complexity index is 683. The first-order chi connectivity index (χ1) is 11.1. The van der Waals surface area contributed by atoms with Crippen LogP contribution in [0, 0.1) is 5.41 Å². The molecule has 3 heteroatoms. The van der Waals surface area contributed by atoms with Gasteiger partial charge in [-0.25, -0.2) is 0 Å². The maximum Gasteiger partial charge on any atom is 0.417 e. The van der Waals surface area contributed by atoms with E-state index in [0.717, 1.165) is 24.5 Å². The van der Waals surface area contributed by atoms with E-state index in [1.54, 1.807) is 18.2 Å². The number of alkyl halides is 3. The number of rotatable bonds is 5. The quantitative estimate of drug-likeness (QED) is 0.538. The molecule has 130 valence electrons. The first kappa shape index (κ1) is 18.6. The molecule has 1 unspecified atom stereocenters. The second-order valence-electron chi connectivity index (χ2n) is 7.29. The third-order valence-electron chi connectivity index (χ3n) is 4.82. The van der Waals surface area contributed by atoms with Gasteiger partial charge in [0.2, 0.25) is 0 Å². The third kappa shape index (κ3) is 4.40. The van der Waals surface area contributed by atoms with E-state index in [0.29, 0.717) is 11.5 Å². The van der Waals surface area contributed by atoms with Gasteiger partial charge in [0.05, 0.1) is 5.56 Å². The van der Waals surface area contributed by atoms with E-state index in [4.69, 9.17) is 0 Å². The van der Waals surface area contributed by atoms with Crippen LogP contribution in [0.1, 0.15) is 57.6 Å². The van der Waals surface area contributed by atoms with Gasteiger partial charge in [0.1, 0.15) is 0 Å². The minimum absolute atomic E-state index is 0.222. The van der Waals surface area contributed by atoms with Crippen LogP contribution in [0.2, 0.25) is 0 Å². The molecule has 0 fully saturated rings. The van der Waals surface area contributed by atoms with Crippen LogP contribution in [0.5, 0.6) is 0 Å². The molecular weight excluding hydrogens is 309 g/mol. The lowest BCUT2D eigenvalue weighted by atomic mass is 9.78. The molecule has 2 rings (SSSR count). The van der Waals surface area contributed by atoms with E-state index in [9.17, 15) is 13.2 Å². The summed E-state index contributed by atoms with van der Waals surface area (Å²) >= 11 is 0. The molecule has 0 aliphatic heterocycles. The summed E-state index contributed by atoms with van der Waals surface area (Å²) in [6, 6.07) is 13.3. The standard InChI is InChI=1S/C21H25F3/c1-5-20(3,4)14-15(2)16-9-8-10-17(13-16)18-11-6-7-12-19(18)21(22,23)24/h6-13,15H,5,14H2,1-4H3. The lowest BCUT2D eigenvalue weighted by Gasteiger charge is -2.27. The SMILES string of the molecule is CCC(C)(C)CC(C)c1cccc(-c2ccccc2C(F)(F)F)c1. The van der Waals surface area contributed by atoms with Crippen molar-refractivity contribution in [2.45, 2.75) is 52.6 Å². The Hall–Kier alpha value is -1.77. The number of halogens is 3. The van der Waals surface area contributed by atoms with Gasteiger partial charge in [0, 0.05) is 0 Å².